The van der Waals surface area contributed by atoms with Gasteiger partial charge in [0.1, 0.15) is 16.8 Å². The lowest BCUT2D eigenvalue weighted by Crippen LogP contribution is -2.27. The van der Waals surface area contributed by atoms with E-state index in [1.54, 1.807) is 11.7 Å². The van der Waals surface area contributed by atoms with Crippen LogP contribution in [0.1, 0.15) is 25.8 Å². The molecule has 7 nitrogen and oxygen atoms in total. The van der Waals surface area contributed by atoms with Crippen LogP contribution in [0.4, 0.5) is 0 Å². The average molecular weight is 466 g/mol. The van der Waals surface area contributed by atoms with Crippen LogP contribution in [0.2, 0.25) is 0 Å². The van der Waals surface area contributed by atoms with Crippen molar-refractivity contribution in [3.8, 4) is 5.75 Å². The lowest BCUT2D eigenvalue weighted by Gasteiger charge is -2.13. The van der Waals surface area contributed by atoms with Crippen molar-refractivity contribution in [1.82, 2.24) is 14.9 Å². The first-order chi connectivity index (χ1) is 16.0. The van der Waals surface area contributed by atoms with Crippen LogP contribution in [0.3, 0.4) is 0 Å². The van der Waals surface area contributed by atoms with Gasteiger partial charge in [-0.3, -0.25) is 14.2 Å². The summed E-state index contributed by atoms with van der Waals surface area (Å²) in [4.78, 5) is 30.6. The standard InChI is InChI=1S/C25H27N3O4S/c1-16(2)12-13-28-24(30)23-22(18-9-5-7-11-20(18)32-23)27-25(28)33-15-21(29)26-14-17-8-4-6-10-19(17)31-3/h4-11,16H,12-15H2,1-3H3,(H,26,29). The van der Waals surface area contributed by atoms with Crippen molar-refractivity contribution >= 4 is 39.7 Å². The number of fused-ring (bicyclic) bond motifs is 3. The van der Waals surface area contributed by atoms with Crippen LogP contribution in [0.15, 0.2) is 62.9 Å². The van der Waals surface area contributed by atoms with E-state index in [0.29, 0.717) is 35.3 Å². The Morgan fingerprint density at radius 1 is 1.18 bits per heavy atom. The van der Waals surface area contributed by atoms with Crippen molar-refractivity contribution in [2.24, 2.45) is 5.92 Å². The third kappa shape index (κ3) is 5.06. The zero-order chi connectivity index (χ0) is 23.4. The van der Waals surface area contributed by atoms with E-state index < -0.39 is 0 Å². The molecule has 0 unspecified atom stereocenters. The number of benzene rings is 2. The number of methoxy groups -OCH3 is 1. The van der Waals surface area contributed by atoms with Crippen molar-refractivity contribution in [2.45, 2.75) is 38.5 Å². The number of hydrogen-bond donors (Lipinski definition) is 1. The molecule has 0 fully saturated rings. The number of thioether (sulfide) groups is 1. The Balaban J connectivity index is 1.57. The molecule has 0 saturated carbocycles. The third-order valence-corrected chi connectivity index (χ3v) is 6.35. The number of nitrogens with one attached hydrogen (secondary N) is 1. The Bertz CT molecular complexity index is 1340. The van der Waals surface area contributed by atoms with E-state index in [0.717, 1.165) is 23.1 Å². The molecule has 1 N–H and O–H groups in total. The van der Waals surface area contributed by atoms with E-state index in [9.17, 15) is 9.59 Å². The summed E-state index contributed by atoms with van der Waals surface area (Å²) in [5.41, 5.74) is 2.10. The fraction of sp³-hybridized carbons (Fsp3) is 0.320. The molecule has 172 valence electrons. The molecule has 8 heteroatoms. The number of ether oxygens (including phenoxy) is 1. The fourth-order valence-electron chi connectivity index (χ4n) is 3.57. The molecule has 0 aliphatic carbocycles. The van der Waals surface area contributed by atoms with Gasteiger partial charge in [-0.2, -0.15) is 0 Å². The lowest BCUT2D eigenvalue weighted by atomic mass is 10.1. The molecule has 0 radical (unpaired) electrons. The second kappa shape index (κ2) is 10.1. The monoisotopic (exact) mass is 465 g/mol. The highest BCUT2D eigenvalue weighted by Crippen LogP contribution is 2.27. The molecule has 2 aromatic carbocycles. The predicted octanol–water partition coefficient (Wildman–Crippen LogP) is 4.61. The van der Waals surface area contributed by atoms with Gasteiger partial charge in [-0.25, -0.2) is 4.98 Å². The third-order valence-electron chi connectivity index (χ3n) is 5.38. The summed E-state index contributed by atoms with van der Waals surface area (Å²) < 4.78 is 12.8. The molecule has 0 saturated heterocycles. The number of hydrogen-bond acceptors (Lipinski definition) is 6. The van der Waals surface area contributed by atoms with Gasteiger partial charge in [0, 0.05) is 24.0 Å². The summed E-state index contributed by atoms with van der Waals surface area (Å²) >= 11 is 1.26. The van der Waals surface area contributed by atoms with Gasteiger partial charge in [0.05, 0.1) is 12.9 Å². The van der Waals surface area contributed by atoms with Gasteiger partial charge in [0.2, 0.25) is 11.5 Å². The number of aromatic nitrogens is 2. The zero-order valence-corrected chi connectivity index (χ0v) is 19.8. The number of para-hydroxylation sites is 2. The van der Waals surface area contributed by atoms with Gasteiger partial charge in [-0.1, -0.05) is 55.9 Å². The van der Waals surface area contributed by atoms with Gasteiger partial charge >= 0.3 is 0 Å². The second-order valence-corrected chi connectivity index (χ2v) is 9.13. The molecule has 2 heterocycles. The minimum absolute atomic E-state index is 0.143. The first-order valence-corrected chi connectivity index (χ1v) is 11.9. The first kappa shape index (κ1) is 22.9. The molecule has 4 rings (SSSR count). The van der Waals surface area contributed by atoms with Crippen LogP contribution in [-0.4, -0.2) is 28.3 Å². The molecule has 0 aliphatic rings. The normalized spacial score (nSPS) is 11.4. The van der Waals surface area contributed by atoms with Crippen LogP contribution < -0.4 is 15.6 Å². The second-order valence-electron chi connectivity index (χ2n) is 8.19. The van der Waals surface area contributed by atoms with E-state index >= 15 is 0 Å². The predicted molar refractivity (Wildman–Crippen MR) is 131 cm³/mol. The number of carbonyl (C=O) groups is 1. The molecule has 4 aromatic rings. The summed E-state index contributed by atoms with van der Waals surface area (Å²) in [5.74, 6) is 1.15. The van der Waals surface area contributed by atoms with E-state index in [4.69, 9.17) is 14.1 Å². The summed E-state index contributed by atoms with van der Waals surface area (Å²) in [5, 5.41) is 4.23. The van der Waals surface area contributed by atoms with Crippen molar-refractivity contribution in [1.29, 1.82) is 0 Å². The molecule has 0 spiro atoms. The molecular formula is C25H27N3O4S. The number of furan rings is 1. The topological polar surface area (TPSA) is 86.4 Å². The minimum atomic E-state index is -0.214. The maximum atomic E-state index is 13.3. The van der Waals surface area contributed by atoms with Crippen molar-refractivity contribution in [2.75, 3.05) is 12.9 Å². The molecule has 0 atom stereocenters. The molecular weight excluding hydrogens is 438 g/mol. The quantitative estimate of drug-likeness (QED) is 0.287. The number of amides is 1. The highest BCUT2D eigenvalue weighted by molar-refractivity contribution is 7.99. The minimum Gasteiger partial charge on any atom is -0.496 e. The number of carbonyl (C=O) groups excluding carboxylic acids is 1. The fourth-order valence-corrected chi connectivity index (χ4v) is 4.42. The van der Waals surface area contributed by atoms with Crippen LogP contribution in [-0.2, 0) is 17.9 Å². The zero-order valence-electron chi connectivity index (χ0n) is 19.0. The Labute approximate surface area is 196 Å². The lowest BCUT2D eigenvalue weighted by molar-refractivity contribution is -0.118. The van der Waals surface area contributed by atoms with Crippen molar-refractivity contribution in [3.63, 3.8) is 0 Å². The van der Waals surface area contributed by atoms with Crippen LogP contribution in [0.25, 0.3) is 22.1 Å². The Kier molecular flexibility index (Phi) is 7.03. The average Bonchev–Trinajstić information content (AvgIpc) is 3.20. The van der Waals surface area contributed by atoms with Gasteiger partial charge in [0.15, 0.2) is 5.16 Å². The summed E-state index contributed by atoms with van der Waals surface area (Å²) in [6.45, 7) is 5.09. The maximum absolute atomic E-state index is 13.3. The number of rotatable bonds is 9. The highest BCUT2D eigenvalue weighted by Gasteiger charge is 2.19. The largest absolute Gasteiger partial charge is 0.496 e. The van der Waals surface area contributed by atoms with Crippen LogP contribution in [0.5, 0.6) is 5.75 Å². The Morgan fingerprint density at radius 3 is 2.73 bits per heavy atom. The molecule has 33 heavy (non-hydrogen) atoms. The molecule has 2 aromatic heterocycles. The van der Waals surface area contributed by atoms with Crippen molar-refractivity contribution < 1.29 is 13.9 Å². The molecule has 0 bridgehead atoms. The smallest absolute Gasteiger partial charge is 0.297 e. The summed E-state index contributed by atoms with van der Waals surface area (Å²) in [7, 11) is 1.61. The van der Waals surface area contributed by atoms with E-state index in [2.05, 4.69) is 19.2 Å². The molecule has 1 amide bonds. The van der Waals surface area contributed by atoms with Crippen LogP contribution in [0, 0.1) is 5.92 Å². The summed E-state index contributed by atoms with van der Waals surface area (Å²) in [6.07, 6.45) is 0.820. The first-order valence-electron chi connectivity index (χ1n) is 10.9. The van der Waals surface area contributed by atoms with Gasteiger partial charge < -0.3 is 14.5 Å². The Morgan fingerprint density at radius 2 is 1.94 bits per heavy atom. The highest BCUT2D eigenvalue weighted by atomic mass is 32.2. The van der Waals surface area contributed by atoms with Gasteiger partial charge in [0.25, 0.3) is 5.56 Å². The SMILES string of the molecule is COc1ccccc1CNC(=O)CSc1nc2c(oc3ccccc32)c(=O)n1CCC(C)C. The van der Waals surface area contributed by atoms with E-state index in [-0.39, 0.29) is 22.8 Å². The Hall–Kier alpha value is -3.26. The van der Waals surface area contributed by atoms with E-state index in [1.165, 1.54) is 11.8 Å². The maximum Gasteiger partial charge on any atom is 0.297 e. The number of nitrogens with zero attached hydrogens (tertiary/aromatic N) is 2. The van der Waals surface area contributed by atoms with Crippen LogP contribution >= 0.6 is 11.8 Å². The van der Waals surface area contributed by atoms with Gasteiger partial charge in [-0.05, 0) is 30.5 Å². The van der Waals surface area contributed by atoms with E-state index in [1.807, 2.05) is 48.5 Å². The van der Waals surface area contributed by atoms with Gasteiger partial charge in [-0.15, -0.1) is 0 Å². The molecule has 0 aliphatic heterocycles. The van der Waals surface area contributed by atoms with Crippen molar-refractivity contribution in [3.05, 3.63) is 64.4 Å². The summed E-state index contributed by atoms with van der Waals surface area (Å²) in [6, 6.07) is 15.0.